The van der Waals surface area contributed by atoms with E-state index in [9.17, 15) is 4.79 Å². The van der Waals surface area contributed by atoms with Crippen LogP contribution in [0, 0.1) is 0 Å². The Kier molecular flexibility index (Phi) is 6.04. The van der Waals surface area contributed by atoms with E-state index in [1.807, 2.05) is 65.6 Å². The number of para-hydroxylation sites is 1. The molecule has 0 spiro atoms. The maximum absolute atomic E-state index is 12.9. The Balaban J connectivity index is 1.20. The summed E-state index contributed by atoms with van der Waals surface area (Å²) in [6, 6.07) is 30.8. The summed E-state index contributed by atoms with van der Waals surface area (Å²) in [5, 5.41) is 1.25. The van der Waals surface area contributed by atoms with Crippen molar-refractivity contribution in [2.45, 2.75) is 24.9 Å². The number of piperidine rings is 1. The minimum atomic E-state index is -0.245. The maximum Gasteiger partial charge on any atom is 0.248 e. The van der Waals surface area contributed by atoms with Gasteiger partial charge in [-0.3, -0.25) is 4.79 Å². The summed E-state index contributed by atoms with van der Waals surface area (Å²) in [5.74, 6) is 0.533. The lowest BCUT2D eigenvalue weighted by atomic mass is 9.93. The van der Waals surface area contributed by atoms with Crippen molar-refractivity contribution in [1.29, 1.82) is 0 Å². The summed E-state index contributed by atoms with van der Waals surface area (Å²) < 4.78 is 6.18. The molecule has 2 heterocycles. The number of carbonyl (C=O) groups excluding carboxylic acids is 1. The van der Waals surface area contributed by atoms with Crippen LogP contribution in [-0.4, -0.2) is 35.5 Å². The molecule has 1 N–H and O–H groups in total. The third-order valence-corrected chi connectivity index (χ3v) is 6.42. The first-order valence-electron chi connectivity index (χ1n) is 11.3. The van der Waals surface area contributed by atoms with Gasteiger partial charge in [0, 0.05) is 30.2 Å². The van der Waals surface area contributed by atoms with Crippen molar-refractivity contribution in [3.8, 4) is 0 Å². The molecule has 4 aromatic rings. The van der Waals surface area contributed by atoms with E-state index in [0.717, 1.165) is 37.1 Å². The van der Waals surface area contributed by atoms with Crippen molar-refractivity contribution in [3.05, 3.63) is 108 Å². The molecule has 4 heteroatoms. The summed E-state index contributed by atoms with van der Waals surface area (Å²) in [5.41, 5.74) is 4.58. The predicted octanol–water partition coefficient (Wildman–Crippen LogP) is 5.68. The zero-order valence-corrected chi connectivity index (χ0v) is 18.1. The second kappa shape index (κ2) is 9.41. The van der Waals surface area contributed by atoms with Crippen LogP contribution in [0.15, 0.2) is 91.0 Å². The number of nitrogens with zero attached hydrogens (tertiary/aromatic N) is 1. The highest BCUT2D eigenvalue weighted by Crippen LogP contribution is 2.30. The highest BCUT2D eigenvalue weighted by molar-refractivity contribution is 5.80. The molecule has 162 valence electrons. The molecule has 1 amide bonds. The highest BCUT2D eigenvalue weighted by Gasteiger charge is 2.26. The van der Waals surface area contributed by atoms with E-state index >= 15 is 0 Å². The van der Waals surface area contributed by atoms with E-state index in [4.69, 9.17) is 4.74 Å². The lowest BCUT2D eigenvalue weighted by Gasteiger charge is -2.32. The van der Waals surface area contributed by atoms with Gasteiger partial charge in [-0.05, 0) is 41.5 Å². The summed E-state index contributed by atoms with van der Waals surface area (Å²) in [6.45, 7) is 1.62. The van der Waals surface area contributed by atoms with E-state index in [0.29, 0.717) is 5.92 Å². The van der Waals surface area contributed by atoms with E-state index in [1.165, 1.54) is 16.6 Å². The van der Waals surface area contributed by atoms with E-state index in [2.05, 4.69) is 35.3 Å². The van der Waals surface area contributed by atoms with Gasteiger partial charge < -0.3 is 14.6 Å². The molecular formula is C28H28N2O2. The van der Waals surface area contributed by atoms with Gasteiger partial charge in [-0.1, -0.05) is 78.9 Å². The quantitative estimate of drug-likeness (QED) is 0.433. The van der Waals surface area contributed by atoms with Crippen molar-refractivity contribution >= 4 is 16.8 Å². The Hall–Kier alpha value is -3.37. The number of aromatic amines is 1. The standard InChI is InChI=1S/C28H28N2O2/c31-27(20-32-28(22-9-3-1-4-10-22)23-11-5-2-6-12-23)30-17-15-21(16-18-30)26-19-24-13-7-8-14-25(24)29-26/h1-14,19,21,28-29H,15-18,20H2. The van der Waals surface area contributed by atoms with Gasteiger partial charge >= 0.3 is 0 Å². The normalized spacial score (nSPS) is 14.8. The SMILES string of the molecule is O=C(COC(c1ccccc1)c1ccccc1)N1CCC(c2cc3ccccc3[nH]2)CC1. The molecule has 0 atom stereocenters. The zero-order chi connectivity index (χ0) is 21.8. The number of nitrogens with one attached hydrogen (secondary N) is 1. The van der Waals surface area contributed by atoms with Gasteiger partial charge in [-0.15, -0.1) is 0 Å². The van der Waals surface area contributed by atoms with Gasteiger partial charge in [0.2, 0.25) is 5.91 Å². The number of fused-ring (bicyclic) bond motifs is 1. The molecule has 1 fully saturated rings. The predicted molar refractivity (Wildman–Crippen MR) is 128 cm³/mol. The number of hydrogen-bond acceptors (Lipinski definition) is 2. The molecule has 32 heavy (non-hydrogen) atoms. The van der Waals surface area contributed by atoms with Crippen LogP contribution in [0.2, 0.25) is 0 Å². The minimum Gasteiger partial charge on any atom is -0.359 e. The van der Waals surface area contributed by atoms with Crippen LogP contribution in [0.5, 0.6) is 0 Å². The smallest absolute Gasteiger partial charge is 0.248 e. The number of ether oxygens (including phenoxy) is 1. The van der Waals surface area contributed by atoms with Crippen LogP contribution in [0.4, 0.5) is 0 Å². The van der Waals surface area contributed by atoms with Gasteiger partial charge in [0.15, 0.2) is 0 Å². The Morgan fingerprint density at radius 3 is 2.09 bits per heavy atom. The lowest BCUT2D eigenvalue weighted by Crippen LogP contribution is -2.40. The number of H-pyrrole nitrogens is 1. The zero-order valence-electron chi connectivity index (χ0n) is 18.1. The van der Waals surface area contributed by atoms with Crippen LogP contribution in [0.1, 0.15) is 41.7 Å². The Labute approximate surface area is 188 Å². The molecule has 0 aliphatic carbocycles. The number of rotatable bonds is 6. The summed E-state index contributed by atoms with van der Waals surface area (Å²) in [6.07, 6.45) is 1.70. The molecule has 1 saturated heterocycles. The van der Waals surface area contributed by atoms with Gasteiger partial charge in [-0.25, -0.2) is 0 Å². The van der Waals surface area contributed by atoms with Crippen LogP contribution < -0.4 is 0 Å². The number of aromatic nitrogens is 1. The van der Waals surface area contributed by atoms with Crippen molar-refractivity contribution in [2.24, 2.45) is 0 Å². The lowest BCUT2D eigenvalue weighted by molar-refractivity contribution is -0.138. The van der Waals surface area contributed by atoms with Crippen LogP contribution in [0.3, 0.4) is 0 Å². The third kappa shape index (κ3) is 4.46. The third-order valence-electron chi connectivity index (χ3n) is 6.42. The highest BCUT2D eigenvalue weighted by atomic mass is 16.5. The van der Waals surface area contributed by atoms with E-state index in [-0.39, 0.29) is 18.6 Å². The number of carbonyl (C=O) groups is 1. The van der Waals surface area contributed by atoms with Gasteiger partial charge in [0.25, 0.3) is 0 Å². The van der Waals surface area contributed by atoms with E-state index < -0.39 is 0 Å². The van der Waals surface area contributed by atoms with Crippen molar-refractivity contribution in [1.82, 2.24) is 9.88 Å². The van der Waals surface area contributed by atoms with Crippen LogP contribution in [-0.2, 0) is 9.53 Å². The number of likely N-dealkylation sites (tertiary alicyclic amines) is 1. The van der Waals surface area contributed by atoms with Crippen LogP contribution >= 0.6 is 0 Å². The molecule has 0 radical (unpaired) electrons. The number of hydrogen-bond donors (Lipinski definition) is 1. The monoisotopic (exact) mass is 424 g/mol. The molecule has 0 bridgehead atoms. The molecule has 3 aromatic carbocycles. The van der Waals surface area contributed by atoms with Crippen molar-refractivity contribution in [2.75, 3.05) is 19.7 Å². The van der Waals surface area contributed by atoms with Crippen molar-refractivity contribution < 1.29 is 9.53 Å². The molecule has 1 aromatic heterocycles. The molecule has 1 aliphatic rings. The summed E-state index contributed by atoms with van der Waals surface area (Å²) >= 11 is 0. The minimum absolute atomic E-state index is 0.0666. The molecule has 4 nitrogen and oxygen atoms in total. The van der Waals surface area contributed by atoms with Gasteiger partial charge in [0.1, 0.15) is 12.7 Å². The first kappa shape index (κ1) is 20.5. The molecule has 0 unspecified atom stereocenters. The average Bonchev–Trinajstić information content (AvgIpc) is 3.30. The fourth-order valence-electron chi connectivity index (χ4n) is 4.64. The Bertz CT molecular complexity index is 1090. The van der Waals surface area contributed by atoms with Crippen molar-refractivity contribution in [3.63, 3.8) is 0 Å². The fourth-order valence-corrected chi connectivity index (χ4v) is 4.64. The number of amides is 1. The maximum atomic E-state index is 12.9. The second-order valence-electron chi connectivity index (χ2n) is 8.48. The fraction of sp³-hybridized carbons (Fsp3) is 0.250. The average molecular weight is 425 g/mol. The summed E-state index contributed by atoms with van der Waals surface area (Å²) in [4.78, 5) is 18.5. The first-order chi connectivity index (χ1) is 15.8. The topological polar surface area (TPSA) is 45.3 Å². The largest absolute Gasteiger partial charge is 0.359 e. The molecule has 1 aliphatic heterocycles. The Morgan fingerprint density at radius 2 is 1.47 bits per heavy atom. The molecule has 5 rings (SSSR count). The molecule has 0 saturated carbocycles. The first-order valence-corrected chi connectivity index (χ1v) is 11.3. The second-order valence-corrected chi connectivity index (χ2v) is 8.48. The van der Waals surface area contributed by atoms with Gasteiger partial charge in [-0.2, -0.15) is 0 Å². The Morgan fingerprint density at radius 1 is 0.875 bits per heavy atom. The molecular weight excluding hydrogens is 396 g/mol. The van der Waals surface area contributed by atoms with Gasteiger partial charge in [0.05, 0.1) is 0 Å². The number of benzene rings is 3. The summed E-state index contributed by atoms with van der Waals surface area (Å²) in [7, 11) is 0. The van der Waals surface area contributed by atoms with E-state index in [1.54, 1.807) is 0 Å². The van der Waals surface area contributed by atoms with Crippen LogP contribution in [0.25, 0.3) is 10.9 Å².